The van der Waals surface area contributed by atoms with Crippen molar-refractivity contribution in [3.05, 3.63) is 130 Å². The Kier molecular flexibility index (Phi) is 13.2. The van der Waals surface area contributed by atoms with E-state index in [4.69, 9.17) is 0 Å². The lowest BCUT2D eigenvalue weighted by atomic mass is 9.72. The van der Waals surface area contributed by atoms with Gasteiger partial charge in [0.1, 0.15) is 0 Å². The van der Waals surface area contributed by atoms with Gasteiger partial charge in [0.25, 0.3) is 0 Å². The molecule has 0 heteroatoms. The number of hydrogen-bond donors (Lipinski definition) is 0. The van der Waals surface area contributed by atoms with Crippen molar-refractivity contribution in [1.29, 1.82) is 0 Å². The summed E-state index contributed by atoms with van der Waals surface area (Å²) in [6.07, 6.45) is 39.3. The SMILES string of the molecule is CC1=C(/C=C/C(C)=C/CC/C(C)=C/C=C/C=C(C)/C=C/C=C(C)/C=C/C2=C(C)CCCC2(C)C)C(C)(C)C=[C-]C1. The van der Waals surface area contributed by atoms with Gasteiger partial charge < -0.3 is 6.08 Å². The van der Waals surface area contributed by atoms with Crippen LogP contribution in [0.5, 0.6) is 0 Å². The molecule has 0 nitrogen and oxygen atoms in total. The summed E-state index contributed by atoms with van der Waals surface area (Å²) in [4.78, 5) is 0. The van der Waals surface area contributed by atoms with E-state index in [1.54, 1.807) is 5.57 Å². The molecule has 0 saturated carbocycles. The highest BCUT2D eigenvalue weighted by molar-refractivity contribution is 5.40. The summed E-state index contributed by atoms with van der Waals surface area (Å²) in [6.45, 7) is 22.6. The fraction of sp³-hybridized carbons (Fsp3) is 0.450. The topological polar surface area (TPSA) is 0 Å². The van der Waals surface area contributed by atoms with Crippen LogP contribution in [0.25, 0.3) is 0 Å². The number of hydrogen-bond acceptors (Lipinski definition) is 0. The molecule has 2 aliphatic rings. The van der Waals surface area contributed by atoms with Crippen LogP contribution in [0.3, 0.4) is 0 Å². The summed E-state index contributed by atoms with van der Waals surface area (Å²) in [5.74, 6) is 0. The normalized spacial score (nSPS) is 21.4. The van der Waals surface area contributed by atoms with Crippen molar-refractivity contribution in [2.45, 2.75) is 108 Å². The minimum atomic E-state index is 0.0730. The third-order valence-corrected chi connectivity index (χ3v) is 8.13. The lowest BCUT2D eigenvalue weighted by Gasteiger charge is -2.34. The van der Waals surface area contributed by atoms with Gasteiger partial charge in [0.15, 0.2) is 0 Å². The van der Waals surface area contributed by atoms with E-state index < -0.39 is 0 Å². The Morgan fingerprint density at radius 3 is 2.10 bits per heavy atom. The van der Waals surface area contributed by atoms with E-state index in [9.17, 15) is 0 Å². The van der Waals surface area contributed by atoms with E-state index in [-0.39, 0.29) is 5.41 Å². The molecule has 216 valence electrons. The second-order valence-corrected chi connectivity index (χ2v) is 13.1. The van der Waals surface area contributed by atoms with Crippen LogP contribution in [0, 0.1) is 16.9 Å². The molecule has 0 saturated heterocycles. The molecule has 0 aromatic carbocycles. The molecule has 0 aliphatic heterocycles. The largest absolute Gasteiger partial charge is 0.496 e. The van der Waals surface area contributed by atoms with E-state index in [0.717, 1.165) is 19.3 Å². The van der Waals surface area contributed by atoms with Crippen molar-refractivity contribution in [3.8, 4) is 0 Å². The van der Waals surface area contributed by atoms with Crippen molar-refractivity contribution in [2.75, 3.05) is 0 Å². The lowest BCUT2D eigenvalue weighted by molar-refractivity contribution is 0.377. The second-order valence-electron chi connectivity index (χ2n) is 13.1. The van der Waals surface area contributed by atoms with Gasteiger partial charge in [-0.3, -0.25) is 6.08 Å². The van der Waals surface area contributed by atoms with Crippen molar-refractivity contribution >= 4 is 0 Å². The van der Waals surface area contributed by atoms with Crippen LogP contribution in [0.1, 0.15) is 108 Å². The average molecular weight is 536 g/mol. The summed E-state index contributed by atoms with van der Waals surface area (Å²) >= 11 is 0. The Hall–Kier alpha value is -2.86. The van der Waals surface area contributed by atoms with Gasteiger partial charge >= 0.3 is 0 Å². The highest BCUT2D eigenvalue weighted by atomic mass is 14.3. The smallest absolute Gasteiger partial charge is 0.0104 e. The Labute approximate surface area is 247 Å². The molecule has 0 fully saturated rings. The molecule has 2 rings (SSSR count). The van der Waals surface area contributed by atoms with Gasteiger partial charge in [0.2, 0.25) is 0 Å². The fourth-order valence-electron chi connectivity index (χ4n) is 5.55. The summed E-state index contributed by atoms with van der Waals surface area (Å²) in [5.41, 5.74) is 11.5. The summed E-state index contributed by atoms with van der Waals surface area (Å²) in [5, 5.41) is 0. The first-order valence-electron chi connectivity index (χ1n) is 15.2. The van der Waals surface area contributed by atoms with Crippen LogP contribution in [0.15, 0.2) is 124 Å². The van der Waals surface area contributed by atoms with E-state index in [2.05, 4.69) is 154 Å². The van der Waals surface area contributed by atoms with Gasteiger partial charge in [0.05, 0.1) is 0 Å². The molecule has 0 spiro atoms. The van der Waals surface area contributed by atoms with E-state index in [1.807, 2.05) is 0 Å². The number of allylic oxidation sites excluding steroid dienone is 22. The maximum absolute atomic E-state index is 3.39. The van der Waals surface area contributed by atoms with Crippen LogP contribution in [-0.2, 0) is 0 Å². The van der Waals surface area contributed by atoms with Crippen LogP contribution < -0.4 is 0 Å². The molecular formula is C40H55-. The molecule has 0 N–H and O–H groups in total. The molecule has 0 bridgehead atoms. The predicted molar refractivity (Wildman–Crippen MR) is 180 cm³/mol. The molecular weight excluding hydrogens is 480 g/mol. The van der Waals surface area contributed by atoms with Crippen molar-refractivity contribution < 1.29 is 0 Å². The average Bonchev–Trinajstić information content (AvgIpc) is 2.85. The Morgan fingerprint density at radius 1 is 0.775 bits per heavy atom. The zero-order chi connectivity index (χ0) is 29.8. The van der Waals surface area contributed by atoms with E-state index in [1.165, 1.54) is 58.3 Å². The molecule has 0 atom stereocenters. The van der Waals surface area contributed by atoms with Gasteiger partial charge in [-0.15, -0.1) is 0 Å². The summed E-state index contributed by atoms with van der Waals surface area (Å²) < 4.78 is 0. The number of rotatable bonds is 11. The van der Waals surface area contributed by atoms with Crippen molar-refractivity contribution in [2.24, 2.45) is 10.8 Å². The van der Waals surface area contributed by atoms with Crippen molar-refractivity contribution in [1.82, 2.24) is 0 Å². The quantitative estimate of drug-likeness (QED) is 0.182. The van der Waals surface area contributed by atoms with Gasteiger partial charge in [-0.25, -0.2) is 0 Å². The molecule has 0 aromatic rings. The highest BCUT2D eigenvalue weighted by Gasteiger charge is 2.26. The molecule has 0 heterocycles. The Morgan fingerprint density at radius 2 is 1.40 bits per heavy atom. The molecule has 0 aromatic heterocycles. The Balaban J connectivity index is 1.83. The third kappa shape index (κ3) is 11.3. The van der Waals surface area contributed by atoms with Crippen LogP contribution in [-0.4, -0.2) is 0 Å². The highest BCUT2D eigenvalue weighted by Crippen LogP contribution is 2.41. The third-order valence-electron chi connectivity index (χ3n) is 8.13. The van der Waals surface area contributed by atoms with E-state index >= 15 is 0 Å². The van der Waals surface area contributed by atoms with Crippen LogP contribution in [0.2, 0.25) is 0 Å². The predicted octanol–water partition coefficient (Wildman–Crippen LogP) is 12.4. The zero-order valence-corrected chi connectivity index (χ0v) is 27.2. The maximum atomic E-state index is 3.39. The molecule has 0 unspecified atom stereocenters. The summed E-state index contributed by atoms with van der Waals surface area (Å²) in [7, 11) is 0. The van der Waals surface area contributed by atoms with Crippen LogP contribution in [0.4, 0.5) is 0 Å². The van der Waals surface area contributed by atoms with E-state index in [0.29, 0.717) is 5.41 Å². The minimum absolute atomic E-state index is 0.0730. The van der Waals surface area contributed by atoms with Gasteiger partial charge in [0, 0.05) is 0 Å². The molecule has 40 heavy (non-hydrogen) atoms. The summed E-state index contributed by atoms with van der Waals surface area (Å²) in [6, 6.07) is 0. The van der Waals surface area contributed by atoms with Crippen LogP contribution >= 0.6 is 0 Å². The molecule has 2 aliphatic carbocycles. The van der Waals surface area contributed by atoms with Gasteiger partial charge in [-0.2, -0.15) is 6.42 Å². The Bertz CT molecular complexity index is 1210. The molecule has 0 amide bonds. The standard InChI is InChI=1S/C40H55/c1-31(19-13-21-33(3)25-27-37-35(5)23-15-29-39(37,7)8)17-11-12-18-32(2)20-14-22-34(4)26-28-38-36(6)24-16-30-40(38,9)10/h11-13,17-19,21-22,25-28,30H,14-15,20,23-24,29H2,1-10H3/q-1/b12-11+,19-13+,27-25+,28-26+,31-17+,32-18+,33-21+,34-22+. The maximum Gasteiger partial charge on any atom is -0.0104 e. The first kappa shape index (κ1) is 33.3. The van der Waals surface area contributed by atoms with Crippen molar-refractivity contribution in [3.63, 3.8) is 0 Å². The first-order valence-corrected chi connectivity index (χ1v) is 15.2. The second kappa shape index (κ2) is 15.8. The first-order chi connectivity index (χ1) is 18.8. The monoisotopic (exact) mass is 535 g/mol. The minimum Gasteiger partial charge on any atom is -0.496 e. The lowest BCUT2D eigenvalue weighted by Crippen LogP contribution is -2.19. The van der Waals surface area contributed by atoms with Gasteiger partial charge in [-0.1, -0.05) is 134 Å². The van der Waals surface area contributed by atoms with Gasteiger partial charge in [-0.05, 0) is 95.6 Å². The zero-order valence-electron chi connectivity index (χ0n) is 27.2. The molecule has 0 radical (unpaired) electrons. The fourth-order valence-corrected chi connectivity index (χ4v) is 5.55.